The van der Waals surface area contributed by atoms with Crippen molar-refractivity contribution in [2.45, 2.75) is 33.6 Å². The molecule has 2 aromatic carbocycles. The van der Waals surface area contributed by atoms with Gasteiger partial charge in [-0.15, -0.1) is 0 Å². The fourth-order valence-corrected chi connectivity index (χ4v) is 3.35. The highest BCUT2D eigenvalue weighted by Crippen LogP contribution is 2.47. The lowest BCUT2D eigenvalue weighted by atomic mass is 10.0. The molecule has 0 saturated heterocycles. The highest BCUT2D eigenvalue weighted by molar-refractivity contribution is 6.17. The number of carbonyl (C=O) groups excluding carboxylic acids is 3. The lowest BCUT2D eigenvalue weighted by Gasteiger charge is -2.18. The maximum atomic E-state index is 12.9. The molecule has 0 spiro atoms. The average molecular weight is 380 g/mol. The molecule has 2 aromatic rings. The first-order chi connectivity index (χ1) is 13.3. The van der Waals surface area contributed by atoms with Gasteiger partial charge in [0.25, 0.3) is 0 Å². The summed E-state index contributed by atoms with van der Waals surface area (Å²) in [5.74, 6) is -1.07. The molecule has 6 nitrogen and oxygen atoms in total. The van der Waals surface area contributed by atoms with E-state index in [-0.39, 0.29) is 11.8 Å². The Labute approximate surface area is 164 Å². The van der Waals surface area contributed by atoms with E-state index in [0.29, 0.717) is 24.1 Å². The highest BCUT2D eigenvalue weighted by Gasteiger charge is 2.56. The van der Waals surface area contributed by atoms with Crippen LogP contribution >= 0.6 is 0 Å². The SMILES string of the molecule is COC(=O)c1ccc(NC(=O)C2(C(=O)Nc3c(C)cc(C)cc3C)CC2)cc1. The monoisotopic (exact) mass is 380 g/mol. The van der Waals surface area contributed by atoms with E-state index in [2.05, 4.69) is 15.4 Å². The summed E-state index contributed by atoms with van der Waals surface area (Å²) in [4.78, 5) is 37.1. The van der Waals surface area contributed by atoms with Crippen LogP contribution in [0.5, 0.6) is 0 Å². The maximum Gasteiger partial charge on any atom is 0.337 e. The van der Waals surface area contributed by atoms with Gasteiger partial charge in [-0.25, -0.2) is 4.79 Å². The van der Waals surface area contributed by atoms with Crippen LogP contribution in [0, 0.1) is 26.2 Å². The number of aryl methyl sites for hydroxylation is 3. The summed E-state index contributed by atoms with van der Waals surface area (Å²) in [7, 11) is 1.31. The van der Waals surface area contributed by atoms with Gasteiger partial charge in [0.1, 0.15) is 5.41 Å². The van der Waals surface area contributed by atoms with Crippen LogP contribution in [0.15, 0.2) is 36.4 Å². The predicted octanol–water partition coefficient (Wildman–Crippen LogP) is 3.76. The number of esters is 1. The lowest BCUT2D eigenvalue weighted by Crippen LogP contribution is -2.36. The van der Waals surface area contributed by atoms with Crippen molar-refractivity contribution >= 4 is 29.2 Å². The van der Waals surface area contributed by atoms with Crippen molar-refractivity contribution in [1.29, 1.82) is 0 Å². The van der Waals surface area contributed by atoms with Crippen LogP contribution in [-0.4, -0.2) is 24.9 Å². The number of hydrogen-bond donors (Lipinski definition) is 2. The first kappa shape index (κ1) is 19.6. The summed E-state index contributed by atoms with van der Waals surface area (Å²) < 4.78 is 4.66. The normalized spacial score (nSPS) is 14.1. The van der Waals surface area contributed by atoms with Gasteiger partial charge in [0.2, 0.25) is 11.8 Å². The van der Waals surface area contributed by atoms with Gasteiger partial charge in [-0.3, -0.25) is 9.59 Å². The molecule has 0 aromatic heterocycles. The van der Waals surface area contributed by atoms with Crippen LogP contribution in [-0.2, 0) is 14.3 Å². The summed E-state index contributed by atoms with van der Waals surface area (Å²) >= 11 is 0. The molecule has 28 heavy (non-hydrogen) atoms. The predicted molar refractivity (Wildman–Crippen MR) is 107 cm³/mol. The number of rotatable bonds is 5. The fraction of sp³-hybridized carbons (Fsp3) is 0.318. The summed E-state index contributed by atoms with van der Waals surface area (Å²) in [6, 6.07) is 10.4. The Hall–Kier alpha value is -3.15. The number of carbonyl (C=O) groups is 3. The maximum absolute atomic E-state index is 12.9. The van der Waals surface area contributed by atoms with Crippen LogP contribution < -0.4 is 10.6 Å². The van der Waals surface area contributed by atoms with Gasteiger partial charge in [0.05, 0.1) is 12.7 Å². The lowest BCUT2D eigenvalue weighted by molar-refractivity contribution is -0.131. The molecule has 0 aliphatic heterocycles. The third-order valence-corrected chi connectivity index (χ3v) is 5.10. The van der Waals surface area contributed by atoms with E-state index < -0.39 is 11.4 Å². The third kappa shape index (κ3) is 3.76. The second-order valence-corrected chi connectivity index (χ2v) is 7.33. The van der Waals surface area contributed by atoms with Gasteiger partial charge in [0, 0.05) is 11.4 Å². The van der Waals surface area contributed by atoms with Crippen molar-refractivity contribution in [1.82, 2.24) is 0 Å². The molecular weight excluding hydrogens is 356 g/mol. The van der Waals surface area contributed by atoms with Crippen LogP contribution in [0.1, 0.15) is 39.9 Å². The van der Waals surface area contributed by atoms with Crippen LogP contribution in [0.4, 0.5) is 11.4 Å². The molecule has 0 unspecified atom stereocenters. The van der Waals surface area contributed by atoms with Crippen LogP contribution in [0.3, 0.4) is 0 Å². The minimum atomic E-state index is -1.05. The standard InChI is InChI=1S/C22H24N2O4/c1-13-11-14(2)18(15(3)12-13)24-21(27)22(9-10-22)20(26)23-17-7-5-16(6-8-17)19(25)28-4/h5-8,11-12H,9-10H2,1-4H3,(H,23,26)(H,24,27). The Morgan fingerprint density at radius 2 is 1.43 bits per heavy atom. The summed E-state index contributed by atoms with van der Waals surface area (Å²) in [5, 5.41) is 5.73. The Balaban J connectivity index is 1.71. The first-order valence-corrected chi connectivity index (χ1v) is 9.16. The second-order valence-electron chi connectivity index (χ2n) is 7.33. The molecule has 1 aliphatic carbocycles. The second kappa shape index (κ2) is 7.46. The number of hydrogen-bond acceptors (Lipinski definition) is 4. The van der Waals surface area contributed by atoms with Crippen molar-refractivity contribution in [3.05, 3.63) is 58.7 Å². The van der Waals surface area contributed by atoms with Gasteiger partial charge in [-0.2, -0.15) is 0 Å². The number of ether oxygens (including phenoxy) is 1. The Bertz CT molecular complexity index is 921. The first-order valence-electron chi connectivity index (χ1n) is 9.16. The molecule has 6 heteroatoms. The zero-order chi connectivity index (χ0) is 20.5. The minimum absolute atomic E-state index is 0.286. The summed E-state index contributed by atoms with van der Waals surface area (Å²) in [6.45, 7) is 5.89. The number of benzene rings is 2. The van der Waals surface area contributed by atoms with Crippen molar-refractivity contribution < 1.29 is 19.1 Å². The van der Waals surface area contributed by atoms with E-state index in [1.807, 2.05) is 32.9 Å². The molecule has 0 heterocycles. The van der Waals surface area contributed by atoms with Crippen LogP contribution in [0.2, 0.25) is 0 Å². The number of anilines is 2. The van der Waals surface area contributed by atoms with Gasteiger partial charge in [-0.1, -0.05) is 17.7 Å². The van der Waals surface area contributed by atoms with Gasteiger partial charge in [-0.05, 0) is 69.0 Å². The number of methoxy groups -OCH3 is 1. The Kier molecular flexibility index (Phi) is 5.23. The molecule has 0 radical (unpaired) electrons. The van der Waals surface area contributed by atoms with Crippen molar-refractivity contribution in [2.24, 2.45) is 5.41 Å². The molecule has 146 valence electrons. The zero-order valence-electron chi connectivity index (χ0n) is 16.5. The van der Waals surface area contributed by atoms with Crippen molar-refractivity contribution in [3.63, 3.8) is 0 Å². The van der Waals surface area contributed by atoms with Crippen molar-refractivity contribution in [3.8, 4) is 0 Å². The molecule has 1 fully saturated rings. The van der Waals surface area contributed by atoms with E-state index in [9.17, 15) is 14.4 Å². The third-order valence-electron chi connectivity index (χ3n) is 5.10. The minimum Gasteiger partial charge on any atom is -0.465 e. The van der Waals surface area contributed by atoms with Gasteiger partial charge >= 0.3 is 5.97 Å². The molecule has 1 aliphatic rings. The zero-order valence-corrected chi connectivity index (χ0v) is 16.5. The highest BCUT2D eigenvalue weighted by atomic mass is 16.5. The molecule has 2 N–H and O–H groups in total. The molecular formula is C22H24N2O4. The average Bonchev–Trinajstić information content (AvgIpc) is 3.46. The van der Waals surface area contributed by atoms with Crippen molar-refractivity contribution in [2.75, 3.05) is 17.7 Å². The Morgan fingerprint density at radius 3 is 1.93 bits per heavy atom. The van der Waals surface area contributed by atoms with E-state index in [1.165, 1.54) is 7.11 Å². The number of nitrogens with one attached hydrogen (secondary N) is 2. The van der Waals surface area contributed by atoms with E-state index in [4.69, 9.17) is 0 Å². The molecule has 1 saturated carbocycles. The van der Waals surface area contributed by atoms with E-state index >= 15 is 0 Å². The molecule has 2 amide bonds. The fourth-order valence-electron chi connectivity index (χ4n) is 3.35. The van der Waals surface area contributed by atoms with E-state index in [0.717, 1.165) is 22.4 Å². The van der Waals surface area contributed by atoms with Crippen LogP contribution in [0.25, 0.3) is 0 Å². The topological polar surface area (TPSA) is 84.5 Å². The number of amides is 2. The van der Waals surface area contributed by atoms with Gasteiger partial charge in [0.15, 0.2) is 0 Å². The van der Waals surface area contributed by atoms with Gasteiger partial charge < -0.3 is 15.4 Å². The smallest absolute Gasteiger partial charge is 0.337 e. The quantitative estimate of drug-likeness (QED) is 0.611. The molecule has 0 atom stereocenters. The Morgan fingerprint density at radius 1 is 0.893 bits per heavy atom. The molecule has 0 bridgehead atoms. The summed E-state index contributed by atoms with van der Waals surface area (Å²) in [5.41, 5.74) is 3.70. The molecule has 3 rings (SSSR count). The summed E-state index contributed by atoms with van der Waals surface area (Å²) in [6.07, 6.45) is 1.02. The largest absolute Gasteiger partial charge is 0.465 e. The van der Waals surface area contributed by atoms with E-state index in [1.54, 1.807) is 24.3 Å².